The summed E-state index contributed by atoms with van der Waals surface area (Å²) in [6.07, 6.45) is -0.446. The van der Waals surface area contributed by atoms with Crippen LogP contribution >= 0.6 is 11.3 Å². The Hall–Kier alpha value is -2.38. The molecule has 1 atom stereocenters. The predicted molar refractivity (Wildman–Crippen MR) is 95.9 cm³/mol. The van der Waals surface area contributed by atoms with Crippen LogP contribution in [0.3, 0.4) is 0 Å². The molecule has 7 heteroatoms. The number of aryl methyl sites for hydroxylation is 1. The number of carbonyl (C=O) groups is 2. The zero-order chi connectivity index (χ0) is 17.8. The molecular weight excluding hydrogens is 338 g/mol. The maximum atomic E-state index is 12.5. The number of amides is 2. The minimum absolute atomic E-state index is 0.0845. The molecule has 1 fully saturated rings. The lowest BCUT2D eigenvalue weighted by Gasteiger charge is -2.20. The predicted octanol–water partition coefficient (Wildman–Crippen LogP) is 2.15. The molecule has 0 radical (unpaired) electrons. The van der Waals surface area contributed by atoms with Gasteiger partial charge in [-0.15, -0.1) is 11.3 Å². The second-order valence-corrected chi connectivity index (χ2v) is 7.34. The monoisotopic (exact) mass is 359 g/mol. The zero-order valence-electron chi connectivity index (χ0n) is 14.0. The van der Waals surface area contributed by atoms with Crippen LogP contribution in [0.5, 0.6) is 0 Å². The third kappa shape index (κ3) is 4.18. The van der Waals surface area contributed by atoms with Gasteiger partial charge in [0.2, 0.25) is 5.91 Å². The zero-order valence-corrected chi connectivity index (χ0v) is 14.8. The summed E-state index contributed by atoms with van der Waals surface area (Å²) in [6, 6.07) is 11.1. The molecule has 3 N–H and O–H groups in total. The normalized spacial score (nSPS) is 16.8. The highest BCUT2D eigenvalue weighted by molar-refractivity contribution is 7.11. The van der Waals surface area contributed by atoms with Crippen LogP contribution in [-0.4, -0.2) is 29.5 Å². The molecule has 132 valence electrons. The minimum atomic E-state index is -0.599. The van der Waals surface area contributed by atoms with E-state index in [4.69, 9.17) is 10.5 Å². The second-order valence-electron chi connectivity index (χ2n) is 5.97. The Bertz CT molecular complexity index is 757. The summed E-state index contributed by atoms with van der Waals surface area (Å²) in [5.41, 5.74) is 7.60. The maximum absolute atomic E-state index is 12.5. The molecule has 0 spiro atoms. The maximum Gasteiger partial charge on any atom is 0.410 e. The lowest BCUT2D eigenvalue weighted by molar-refractivity contribution is -0.125. The average Bonchev–Trinajstić information content (AvgIpc) is 3.20. The van der Waals surface area contributed by atoms with Gasteiger partial charge in [-0.2, -0.15) is 0 Å². The van der Waals surface area contributed by atoms with Gasteiger partial charge in [0.05, 0.1) is 6.54 Å². The molecule has 2 aromatic rings. The highest BCUT2D eigenvalue weighted by atomic mass is 32.1. The summed E-state index contributed by atoms with van der Waals surface area (Å²) in [5, 5.41) is 2.88. The Labute approximate surface area is 150 Å². The average molecular weight is 359 g/mol. The summed E-state index contributed by atoms with van der Waals surface area (Å²) in [4.78, 5) is 28.1. The third-order valence-electron chi connectivity index (χ3n) is 4.13. The van der Waals surface area contributed by atoms with E-state index in [0.29, 0.717) is 19.6 Å². The van der Waals surface area contributed by atoms with Crippen molar-refractivity contribution in [3.05, 3.63) is 57.3 Å². The Kier molecular flexibility index (Phi) is 5.35. The highest BCUT2D eigenvalue weighted by Crippen LogP contribution is 2.22. The van der Waals surface area contributed by atoms with Gasteiger partial charge in [0.15, 0.2) is 0 Å². The van der Waals surface area contributed by atoms with Crippen LogP contribution in [0.2, 0.25) is 0 Å². The Balaban J connectivity index is 1.60. The fourth-order valence-electron chi connectivity index (χ4n) is 2.68. The van der Waals surface area contributed by atoms with E-state index < -0.39 is 12.1 Å². The quantitative estimate of drug-likeness (QED) is 0.828. The molecule has 6 nitrogen and oxygen atoms in total. The highest BCUT2D eigenvalue weighted by Gasteiger charge is 2.38. The van der Waals surface area contributed by atoms with Crippen LogP contribution < -0.4 is 11.1 Å². The van der Waals surface area contributed by atoms with Crippen LogP contribution in [-0.2, 0) is 29.2 Å². The number of cyclic esters (lactones) is 1. The summed E-state index contributed by atoms with van der Waals surface area (Å²) in [5.74, 6) is -0.206. The molecule has 1 aromatic carbocycles. The van der Waals surface area contributed by atoms with Crippen molar-refractivity contribution in [2.45, 2.75) is 32.6 Å². The number of hydrogen-bond acceptors (Lipinski definition) is 5. The van der Waals surface area contributed by atoms with E-state index in [-0.39, 0.29) is 12.5 Å². The van der Waals surface area contributed by atoms with Gasteiger partial charge in [0.25, 0.3) is 0 Å². The minimum Gasteiger partial charge on any atom is -0.447 e. The van der Waals surface area contributed by atoms with E-state index in [1.54, 1.807) is 11.3 Å². The van der Waals surface area contributed by atoms with Crippen molar-refractivity contribution in [3.63, 3.8) is 0 Å². The molecule has 0 saturated carbocycles. The Morgan fingerprint density at radius 1 is 1.28 bits per heavy atom. The lowest BCUT2D eigenvalue weighted by atomic mass is 10.1. The molecule has 3 rings (SSSR count). The van der Waals surface area contributed by atoms with E-state index in [1.807, 2.05) is 43.3 Å². The van der Waals surface area contributed by atoms with E-state index in [0.717, 1.165) is 16.0 Å². The van der Waals surface area contributed by atoms with Gasteiger partial charge in [0.1, 0.15) is 12.6 Å². The van der Waals surface area contributed by atoms with Gasteiger partial charge in [-0.05, 0) is 30.2 Å². The molecule has 1 aromatic heterocycles. The molecule has 2 amide bonds. The van der Waals surface area contributed by atoms with Gasteiger partial charge in [-0.25, -0.2) is 4.79 Å². The van der Waals surface area contributed by atoms with Crippen molar-refractivity contribution in [2.75, 3.05) is 6.61 Å². The van der Waals surface area contributed by atoms with Crippen molar-refractivity contribution in [3.8, 4) is 0 Å². The number of ether oxygens (including phenoxy) is 1. The largest absolute Gasteiger partial charge is 0.447 e. The van der Waals surface area contributed by atoms with Gasteiger partial charge in [-0.3, -0.25) is 9.69 Å². The van der Waals surface area contributed by atoms with Crippen molar-refractivity contribution in [1.29, 1.82) is 0 Å². The van der Waals surface area contributed by atoms with Gasteiger partial charge in [-0.1, -0.05) is 24.3 Å². The molecule has 0 unspecified atom stereocenters. The van der Waals surface area contributed by atoms with Crippen LogP contribution in [0.25, 0.3) is 0 Å². The first-order valence-electron chi connectivity index (χ1n) is 8.11. The van der Waals surface area contributed by atoms with Crippen molar-refractivity contribution < 1.29 is 14.3 Å². The lowest BCUT2D eigenvalue weighted by Crippen LogP contribution is -2.45. The number of nitrogens with one attached hydrogen (secondary N) is 1. The summed E-state index contributed by atoms with van der Waals surface area (Å²) in [6.45, 7) is 3.38. The first-order chi connectivity index (χ1) is 12.1. The van der Waals surface area contributed by atoms with Crippen LogP contribution in [0.1, 0.15) is 20.9 Å². The fourth-order valence-corrected chi connectivity index (χ4v) is 3.57. The SMILES string of the molecule is Cc1ccc(CN2C(=O)OC[C@H]2C(=O)NCc2ccc(CN)cc2)s1. The molecule has 2 heterocycles. The smallest absolute Gasteiger partial charge is 0.410 e. The number of thiophene rings is 1. The molecule has 1 aliphatic heterocycles. The Morgan fingerprint density at radius 2 is 2.00 bits per heavy atom. The summed E-state index contributed by atoms with van der Waals surface area (Å²) >= 11 is 1.61. The fraction of sp³-hybridized carbons (Fsp3) is 0.333. The number of nitrogens with two attached hydrogens (primary N) is 1. The second kappa shape index (κ2) is 7.67. The number of benzene rings is 1. The van der Waals surface area contributed by atoms with E-state index in [1.165, 1.54) is 9.78 Å². The van der Waals surface area contributed by atoms with Crippen LogP contribution in [0, 0.1) is 6.92 Å². The van der Waals surface area contributed by atoms with Crippen molar-refractivity contribution >= 4 is 23.3 Å². The number of nitrogens with zero attached hydrogens (tertiary/aromatic N) is 1. The van der Waals surface area contributed by atoms with Gasteiger partial charge in [0, 0.05) is 22.8 Å². The molecule has 0 aliphatic carbocycles. The Morgan fingerprint density at radius 3 is 2.64 bits per heavy atom. The molecular formula is C18H21N3O3S. The third-order valence-corrected chi connectivity index (χ3v) is 5.11. The first kappa shape index (κ1) is 17.4. The van der Waals surface area contributed by atoms with E-state index >= 15 is 0 Å². The summed E-state index contributed by atoms with van der Waals surface area (Å²) < 4.78 is 5.08. The van der Waals surface area contributed by atoms with E-state index in [9.17, 15) is 9.59 Å². The van der Waals surface area contributed by atoms with Gasteiger partial charge >= 0.3 is 6.09 Å². The van der Waals surface area contributed by atoms with Crippen LogP contribution in [0.4, 0.5) is 4.79 Å². The number of hydrogen-bond donors (Lipinski definition) is 2. The topological polar surface area (TPSA) is 84.7 Å². The number of carbonyl (C=O) groups excluding carboxylic acids is 2. The van der Waals surface area contributed by atoms with Crippen molar-refractivity contribution in [1.82, 2.24) is 10.2 Å². The van der Waals surface area contributed by atoms with E-state index in [2.05, 4.69) is 5.32 Å². The number of rotatable bonds is 6. The standard InChI is InChI=1S/C18H21N3O3S/c1-12-2-7-15(25-12)10-21-16(11-24-18(21)23)17(22)20-9-14-5-3-13(8-19)4-6-14/h2-7,16H,8-11,19H2,1H3,(H,20,22)/t16-/m0/s1. The summed E-state index contributed by atoms with van der Waals surface area (Å²) in [7, 11) is 0. The molecule has 25 heavy (non-hydrogen) atoms. The van der Waals surface area contributed by atoms with Crippen LogP contribution in [0.15, 0.2) is 36.4 Å². The molecule has 1 aliphatic rings. The first-order valence-corrected chi connectivity index (χ1v) is 8.93. The molecule has 0 bridgehead atoms. The van der Waals surface area contributed by atoms with Crippen molar-refractivity contribution in [2.24, 2.45) is 5.73 Å². The van der Waals surface area contributed by atoms with Gasteiger partial charge < -0.3 is 15.8 Å². The molecule has 1 saturated heterocycles.